The molecule has 0 aromatic heterocycles. The smallest absolute Gasteiger partial charge is 0.234 e. The third kappa shape index (κ3) is 8.16. The number of hydrogen-bond acceptors (Lipinski definition) is 3. The Hall–Kier alpha value is -0.610. The Labute approximate surface area is 105 Å². The highest BCUT2D eigenvalue weighted by Crippen LogP contribution is 1.98. The minimum atomic E-state index is 0.0725. The molecule has 102 valence electrons. The summed E-state index contributed by atoms with van der Waals surface area (Å²) < 4.78 is 0. The van der Waals surface area contributed by atoms with E-state index < -0.39 is 0 Å². The molecule has 0 unspecified atom stereocenters. The summed E-state index contributed by atoms with van der Waals surface area (Å²) in [5.74, 6) is 0.0725. The van der Waals surface area contributed by atoms with Crippen molar-refractivity contribution < 1.29 is 9.90 Å². The summed E-state index contributed by atoms with van der Waals surface area (Å²) >= 11 is 0. The molecule has 0 heterocycles. The van der Waals surface area contributed by atoms with Crippen LogP contribution in [0.4, 0.5) is 0 Å². The summed E-state index contributed by atoms with van der Waals surface area (Å²) in [6, 6.07) is 0.282. The molecule has 4 nitrogen and oxygen atoms in total. The van der Waals surface area contributed by atoms with Crippen molar-refractivity contribution in [3.05, 3.63) is 0 Å². The van der Waals surface area contributed by atoms with E-state index in [0.717, 1.165) is 32.2 Å². The van der Waals surface area contributed by atoms with Gasteiger partial charge in [0.1, 0.15) is 0 Å². The Morgan fingerprint density at radius 2 is 1.88 bits per heavy atom. The summed E-state index contributed by atoms with van der Waals surface area (Å²) in [5, 5.41) is 12.0. The van der Waals surface area contributed by atoms with Crippen molar-refractivity contribution in [1.82, 2.24) is 10.2 Å². The second kappa shape index (κ2) is 10.5. The number of aliphatic hydroxyl groups excluding tert-OH is 1. The normalized spacial score (nSPS) is 11.2. The molecule has 0 saturated heterocycles. The number of rotatable bonds is 10. The van der Waals surface area contributed by atoms with Gasteiger partial charge in [-0.25, -0.2) is 0 Å². The maximum atomic E-state index is 11.8. The minimum Gasteiger partial charge on any atom is -0.395 e. The van der Waals surface area contributed by atoms with E-state index in [0.29, 0.717) is 13.1 Å². The molecule has 0 rings (SSSR count). The van der Waals surface area contributed by atoms with Crippen LogP contribution in [0.1, 0.15) is 46.5 Å². The summed E-state index contributed by atoms with van der Waals surface area (Å²) in [7, 11) is 0. The van der Waals surface area contributed by atoms with Gasteiger partial charge in [0.15, 0.2) is 0 Å². The standard InChI is InChI=1S/C13H28N2O2/c1-4-7-8-15(9-10-16)11-13(17)14-12(5-2)6-3/h12,16H,4-11H2,1-3H3,(H,14,17). The molecule has 0 bridgehead atoms. The number of amides is 1. The Kier molecular flexibility index (Phi) is 10.2. The van der Waals surface area contributed by atoms with Gasteiger partial charge in [-0.3, -0.25) is 9.69 Å². The average molecular weight is 244 g/mol. The number of carbonyl (C=O) groups excluding carboxylic acids is 1. The van der Waals surface area contributed by atoms with Gasteiger partial charge in [-0.05, 0) is 25.8 Å². The third-order valence-electron chi connectivity index (χ3n) is 2.96. The van der Waals surface area contributed by atoms with Crippen LogP contribution in [0.3, 0.4) is 0 Å². The van der Waals surface area contributed by atoms with Crippen molar-refractivity contribution in [3.63, 3.8) is 0 Å². The Morgan fingerprint density at radius 1 is 1.24 bits per heavy atom. The molecule has 2 N–H and O–H groups in total. The molecule has 0 aromatic rings. The first kappa shape index (κ1) is 16.4. The number of hydrogen-bond donors (Lipinski definition) is 2. The van der Waals surface area contributed by atoms with Gasteiger partial charge in [0.25, 0.3) is 0 Å². The molecule has 4 heteroatoms. The van der Waals surface area contributed by atoms with Crippen LogP contribution in [0.25, 0.3) is 0 Å². The van der Waals surface area contributed by atoms with Gasteiger partial charge in [-0.15, -0.1) is 0 Å². The fraction of sp³-hybridized carbons (Fsp3) is 0.923. The minimum absolute atomic E-state index is 0.0725. The second-order valence-electron chi connectivity index (χ2n) is 4.43. The number of unbranched alkanes of at least 4 members (excludes halogenated alkanes) is 1. The third-order valence-corrected chi connectivity index (χ3v) is 2.96. The lowest BCUT2D eigenvalue weighted by atomic mass is 10.2. The van der Waals surface area contributed by atoms with Crippen LogP contribution in [0.15, 0.2) is 0 Å². The van der Waals surface area contributed by atoms with Gasteiger partial charge in [0.2, 0.25) is 5.91 Å². The Balaban J connectivity index is 4.01. The van der Waals surface area contributed by atoms with Crippen LogP contribution in [0.2, 0.25) is 0 Å². The van der Waals surface area contributed by atoms with Crippen molar-refractivity contribution >= 4 is 5.91 Å². The van der Waals surface area contributed by atoms with Gasteiger partial charge < -0.3 is 10.4 Å². The first-order valence-electron chi connectivity index (χ1n) is 6.80. The highest BCUT2D eigenvalue weighted by molar-refractivity contribution is 5.78. The lowest BCUT2D eigenvalue weighted by molar-refractivity contribution is -0.123. The number of carbonyl (C=O) groups is 1. The zero-order chi connectivity index (χ0) is 13.1. The first-order valence-corrected chi connectivity index (χ1v) is 6.80. The molecular formula is C13H28N2O2. The van der Waals surface area contributed by atoms with Crippen LogP contribution in [-0.2, 0) is 4.79 Å². The van der Waals surface area contributed by atoms with E-state index in [1.165, 1.54) is 0 Å². The molecule has 0 aromatic carbocycles. The lowest BCUT2D eigenvalue weighted by Crippen LogP contribution is -2.42. The molecule has 17 heavy (non-hydrogen) atoms. The van der Waals surface area contributed by atoms with Crippen LogP contribution in [-0.4, -0.2) is 48.2 Å². The van der Waals surface area contributed by atoms with E-state index >= 15 is 0 Å². The fourth-order valence-corrected chi connectivity index (χ4v) is 1.76. The Bertz CT molecular complexity index is 194. The SMILES string of the molecule is CCCCN(CCO)CC(=O)NC(CC)CC. The number of nitrogens with one attached hydrogen (secondary N) is 1. The van der Waals surface area contributed by atoms with Crippen LogP contribution < -0.4 is 5.32 Å². The molecule has 0 spiro atoms. The molecule has 0 aliphatic carbocycles. The molecular weight excluding hydrogens is 216 g/mol. The predicted octanol–water partition coefficient (Wildman–Crippen LogP) is 1.39. The first-order chi connectivity index (χ1) is 8.17. The van der Waals surface area contributed by atoms with E-state index in [9.17, 15) is 4.79 Å². The summed E-state index contributed by atoms with van der Waals surface area (Å²) in [4.78, 5) is 13.8. The summed E-state index contributed by atoms with van der Waals surface area (Å²) in [6.07, 6.45) is 4.11. The van der Waals surface area contributed by atoms with Gasteiger partial charge in [-0.2, -0.15) is 0 Å². The largest absolute Gasteiger partial charge is 0.395 e. The maximum absolute atomic E-state index is 11.8. The Morgan fingerprint density at radius 3 is 2.35 bits per heavy atom. The van der Waals surface area contributed by atoms with Crippen LogP contribution in [0.5, 0.6) is 0 Å². The second-order valence-corrected chi connectivity index (χ2v) is 4.43. The molecule has 0 atom stereocenters. The summed E-state index contributed by atoms with van der Waals surface area (Å²) in [5.41, 5.74) is 0. The van der Waals surface area contributed by atoms with E-state index in [-0.39, 0.29) is 18.6 Å². The molecule has 1 amide bonds. The quantitative estimate of drug-likeness (QED) is 0.610. The van der Waals surface area contributed by atoms with Crippen molar-refractivity contribution in [2.45, 2.75) is 52.5 Å². The number of nitrogens with zero attached hydrogens (tertiary/aromatic N) is 1. The molecule has 0 aliphatic rings. The monoisotopic (exact) mass is 244 g/mol. The van der Waals surface area contributed by atoms with Gasteiger partial charge >= 0.3 is 0 Å². The molecule has 0 saturated carbocycles. The van der Waals surface area contributed by atoms with Crippen molar-refractivity contribution in [1.29, 1.82) is 0 Å². The van der Waals surface area contributed by atoms with E-state index in [1.54, 1.807) is 0 Å². The van der Waals surface area contributed by atoms with E-state index in [1.807, 2.05) is 4.90 Å². The fourth-order valence-electron chi connectivity index (χ4n) is 1.76. The zero-order valence-electron chi connectivity index (χ0n) is 11.5. The van der Waals surface area contributed by atoms with Gasteiger partial charge in [-0.1, -0.05) is 27.2 Å². The van der Waals surface area contributed by atoms with Crippen molar-refractivity contribution in [3.8, 4) is 0 Å². The van der Waals surface area contributed by atoms with Crippen LogP contribution >= 0.6 is 0 Å². The van der Waals surface area contributed by atoms with Gasteiger partial charge in [0, 0.05) is 12.6 Å². The van der Waals surface area contributed by atoms with Gasteiger partial charge in [0.05, 0.1) is 13.2 Å². The summed E-state index contributed by atoms with van der Waals surface area (Å²) in [6.45, 7) is 8.26. The lowest BCUT2D eigenvalue weighted by Gasteiger charge is -2.22. The van der Waals surface area contributed by atoms with E-state index in [2.05, 4.69) is 26.1 Å². The van der Waals surface area contributed by atoms with Crippen molar-refractivity contribution in [2.24, 2.45) is 0 Å². The average Bonchev–Trinajstić information content (AvgIpc) is 2.33. The highest BCUT2D eigenvalue weighted by atomic mass is 16.3. The highest BCUT2D eigenvalue weighted by Gasteiger charge is 2.12. The van der Waals surface area contributed by atoms with Crippen LogP contribution in [0, 0.1) is 0 Å². The molecule has 0 fully saturated rings. The molecule has 0 radical (unpaired) electrons. The molecule has 0 aliphatic heterocycles. The van der Waals surface area contributed by atoms with E-state index in [4.69, 9.17) is 5.11 Å². The van der Waals surface area contributed by atoms with Crippen molar-refractivity contribution in [2.75, 3.05) is 26.2 Å². The topological polar surface area (TPSA) is 52.6 Å². The number of aliphatic hydroxyl groups is 1. The zero-order valence-corrected chi connectivity index (χ0v) is 11.5. The predicted molar refractivity (Wildman–Crippen MR) is 70.9 cm³/mol. The maximum Gasteiger partial charge on any atom is 0.234 e.